The van der Waals surface area contributed by atoms with Crippen LogP contribution >= 0.6 is 11.6 Å². The molecule has 168 valence electrons. The minimum Gasteiger partial charge on any atom is -0.339 e. The Balaban J connectivity index is 1.32. The van der Waals surface area contributed by atoms with Gasteiger partial charge in [-0.15, -0.1) is 0 Å². The minimum absolute atomic E-state index is 0.0238. The fraction of sp³-hybridized carbons (Fsp3) is 0.375. The van der Waals surface area contributed by atoms with Gasteiger partial charge in [0.1, 0.15) is 5.82 Å². The number of nitrogens with one attached hydrogen (secondary N) is 2. The van der Waals surface area contributed by atoms with E-state index in [-0.39, 0.29) is 16.5 Å². The molecule has 32 heavy (non-hydrogen) atoms. The molecule has 0 spiro atoms. The number of H-pyrrole nitrogens is 1. The minimum atomic E-state index is -0.642. The van der Waals surface area contributed by atoms with Gasteiger partial charge in [0, 0.05) is 31.0 Å². The summed E-state index contributed by atoms with van der Waals surface area (Å²) in [6.07, 6.45) is 6.49. The summed E-state index contributed by atoms with van der Waals surface area (Å²) in [5.74, 6) is 1.05. The first kappa shape index (κ1) is 22.3. The Morgan fingerprint density at radius 3 is 2.84 bits per heavy atom. The van der Waals surface area contributed by atoms with E-state index >= 15 is 0 Å². The Hall–Kier alpha value is -2.93. The molecule has 2 N–H and O–H groups in total. The number of rotatable bonds is 7. The molecule has 3 aromatic rings. The zero-order valence-corrected chi connectivity index (χ0v) is 18.8. The number of carbonyl (C=O) groups is 1. The largest absolute Gasteiger partial charge is 0.339 e. The number of amides is 1. The highest BCUT2D eigenvalue weighted by atomic mass is 35.5. The second-order valence-corrected chi connectivity index (χ2v) is 8.65. The van der Waals surface area contributed by atoms with Crippen molar-refractivity contribution in [1.29, 1.82) is 0 Å². The number of aromatic amines is 1. The van der Waals surface area contributed by atoms with Gasteiger partial charge in [-0.3, -0.25) is 9.89 Å². The Morgan fingerprint density at radius 2 is 2.06 bits per heavy atom. The molecule has 4 rings (SSSR count). The van der Waals surface area contributed by atoms with Crippen molar-refractivity contribution in [3.05, 3.63) is 70.3 Å². The van der Waals surface area contributed by atoms with Gasteiger partial charge in [-0.2, -0.15) is 5.10 Å². The lowest BCUT2D eigenvalue weighted by Crippen LogP contribution is -2.39. The summed E-state index contributed by atoms with van der Waals surface area (Å²) in [4.78, 5) is 18.8. The maximum atomic E-state index is 14.2. The third-order valence-corrected chi connectivity index (χ3v) is 6.13. The third kappa shape index (κ3) is 5.27. The lowest BCUT2D eigenvalue weighted by atomic mass is 9.90. The van der Waals surface area contributed by atoms with Crippen molar-refractivity contribution < 1.29 is 9.18 Å². The van der Waals surface area contributed by atoms with Crippen molar-refractivity contribution in [2.45, 2.75) is 39.0 Å². The average molecular weight is 456 g/mol. The van der Waals surface area contributed by atoms with Crippen LogP contribution in [0.25, 0.3) is 0 Å². The van der Waals surface area contributed by atoms with Gasteiger partial charge in [0.05, 0.1) is 10.6 Å². The summed E-state index contributed by atoms with van der Waals surface area (Å²) in [6.45, 7) is 3.35. The van der Waals surface area contributed by atoms with Crippen LogP contribution in [0.15, 0.2) is 42.6 Å². The molecule has 3 heterocycles. The predicted molar refractivity (Wildman–Crippen MR) is 124 cm³/mol. The molecular formula is C24H27ClFN5O. The normalized spacial score (nSPS) is 14.5. The molecule has 0 aliphatic carbocycles. The van der Waals surface area contributed by atoms with Crippen molar-refractivity contribution >= 4 is 29.1 Å². The molecule has 0 saturated carbocycles. The molecule has 1 fully saturated rings. The Kier molecular flexibility index (Phi) is 7.05. The maximum Gasteiger partial charge on any atom is 0.256 e. The van der Waals surface area contributed by atoms with E-state index < -0.39 is 5.82 Å². The fourth-order valence-electron chi connectivity index (χ4n) is 4.14. The van der Waals surface area contributed by atoms with Crippen LogP contribution in [0.4, 0.5) is 16.0 Å². The van der Waals surface area contributed by atoms with Crippen molar-refractivity contribution in [3.8, 4) is 0 Å². The SMILES string of the molecule is CCCc1cc(Nc2cc(CC3CCN(C(=O)c4cccc(Cl)c4F)CC3)ccn2)n[nH]1. The number of aryl methyl sites for hydroxylation is 1. The molecule has 6 nitrogen and oxygen atoms in total. The number of halogens is 2. The standard InChI is InChI=1S/C24H27ClFN5O/c1-2-4-18-15-22(30-29-18)28-21-14-17(7-10-27-21)13-16-8-11-31(12-9-16)24(32)19-5-3-6-20(25)23(19)26/h3,5-7,10,14-16H,2,4,8-9,11-13H2,1H3,(H2,27,28,29,30). The number of aromatic nitrogens is 3. The van der Waals surface area contributed by atoms with E-state index in [0.29, 0.717) is 19.0 Å². The topological polar surface area (TPSA) is 73.9 Å². The van der Waals surface area contributed by atoms with E-state index in [1.54, 1.807) is 17.2 Å². The van der Waals surface area contributed by atoms with Crippen molar-refractivity contribution in [3.63, 3.8) is 0 Å². The molecule has 0 unspecified atom stereocenters. The van der Waals surface area contributed by atoms with Gasteiger partial charge in [0.2, 0.25) is 0 Å². The number of likely N-dealkylation sites (tertiary alicyclic amines) is 1. The van der Waals surface area contributed by atoms with E-state index in [4.69, 9.17) is 11.6 Å². The lowest BCUT2D eigenvalue weighted by Gasteiger charge is -2.32. The molecular weight excluding hydrogens is 429 g/mol. The molecule has 1 aromatic carbocycles. The third-order valence-electron chi connectivity index (χ3n) is 5.84. The summed E-state index contributed by atoms with van der Waals surface area (Å²) < 4.78 is 14.2. The number of hydrogen-bond acceptors (Lipinski definition) is 4. The number of nitrogens with zero attached hydrogens (tertiary/aromatic N) is 3. The monoisotopic (exact) mass is 455 g/mol. The first-order chi connectivity index (χ1) is 15.5. The number of hydrogen-bond donors (Lipinski definition) is 2. The first-order valence-corrected chi connectivity index (χ1v) is 11.4. The number of piperidine rings is 1. The average Bonchev–Trinajstić information content (AvgIpc) is 3.23. The summed E-state index contributed by atoms with van der Waals surface area (Å²) >= 11 is 5.83. The number of anilines is 2. The van der Waals surface area contributed by atoms with Gasteiger partial charge >= 0.3 is 0 Å². The smallest absolute Gasteiger partial charge is 0.256 e. The van der Waals surface area contributed by atoms with Crippen LogP contribution in [0.2, 0.25) is 5.02 Å². The van der Waals surface area contributed by atoms with Crippen LogP contribution < -0.4 is 5.32 Å². The Morgan fingerprint density at radius 1 is 1.25 bits per heavy atom. The summed E-state index contributed by atoms with van der Waals surface area (Å²) in [5, 5.41) is 10.6. The van der Waals surface area contributed by atoms with Gasteiger partial charge in [-0.1, -0.05) is 31.0 Å². The molecule has 1 saturated heterocycles. The molecule has 8 heteroatoms. The molecule has 0 atom stereocenters. The van der Waals surface area contributed by atoms with E-state index in [1.807, 2.05) is 18.2 Å². The van der Waals surface area contributed by atoms with Gasteiger partial charge in [-0.05, 0) is 61.4 Å². The van der Waals surface area contributed by atoms with Gasteiger partial charge < -0.3 is 10.2 Å². The second-order valence-electron chi connectivity index (χ2n) is 8.24. The first-order valence-electron chi connectivity index (χ1n) is 11.0. The highest BCUT2D eigenvalue weighted by Gasteiger charge is 2.26. The van der Waals surface area contributed by atoms with E-state index in [2.05, 4.69) is 27.4 Å². The molecule has 1 aliphatic rings. The van der Waals surface area contributed by atoms with Crippen molar-refractivity contribution in [1.82, 2.24) is 20.1 Å². The van der Waals surface area contributed by atoms with Gasteiger partial charge in [-0.25, -0.2) is 9.37 Å². The number of pyridine rings is 1. The van der Waals surface area contributed by atoms with Crippen LogP contribution in [-0.4, -0.2) is 39.1 Å². The van der Waals surface area contributed by atoms with Crippen LogP contribution in [0.3, 0.4) is 0 Å². The number of benzene rings is 1. The van der Waals surface area contributed by atoms with E-state index in [9.17, 15) is 9.18 Å². The molecule has 1 aliphatic heterocycles. The lowest BCUT2D eigenvalue weighted by molar-refractivity contribution is 0.0686. The zero-order valence-electron chi connectivity index (χ0n) is 18.1. The van der Waals surface area contributed by atoms with Crippen LogP contribution in [0, 0.1) is 11.7 Å². The van der Waals surface area contributed by atoms with E-state index in [0.717, 1.165) is 49.4 Å². The summed E-state index contributed by atoms with van der Waals surface area (Å²) in [7, 11) is 0. The van der Waals surface area contributed by atoms with Crippen molar-refractivity contribution in [2.24, 2.45) is 5.92 Å². The van der Waals surface area contributed by atoms with Crippen molar-refractivity contribution in [2.75, 3.05) is 18.4 Å². The molecule has 0 bridgehead atoms. The van der Waals surface area contributed by atoms with Gasteiger partial charge in [0.25, 0.3) is 5.91 Å². The van der Waals surface area contributed by atoms with Gasteiger partial charge in [0.15, 0.2) is 11.6 Å². The highest BCUT2D eigenvalue weighted by molar-refractivity contribution is 6.31. The summed E-state index contributed by atoms with van der Waals surface area (Å²) in [6, 6.07) is 10.6. The quantitative estimate of drug-likeness (QED) is 0.501. The zero-order chi connectivity index (χ0) is 22.5. The Labute approximate surface area is 192 Å². The molecule has 1 amide bonds. The molecule has 2 aromatic heterocycles. The highest BCUT2D eigenvalue weighted by Crippen LogP contribution is 2.26. The van der Waals surface area contributed by atoms with E-state index in [1.165, 1.54) is 17.7 Å². The van der Waals surface area contributed by atoms with Crippen LogP contribution in [0.5, 0.6) is 0 Å². The van der Waals surface area contributed by atoms with Crippen LogP contribution in [-0.2, 0) is 12.8 Å². The second kappa shape index (κ2) is 10.1. The number of carbonyl (C=O) groups excluding carboxylic acids is 1. The Bertz CT molecular complexity index is 1080. The van der Waals surface area contributed by atoms with Crippen LogP contribution in [0.1, 0.15) is 47.8 Å². The maximum absolute atomic E-state index is 14.2. The molecule has 0 radical (unpaired) electrons. The fourth-order valence-corrected chi connectivity index (χ4v) is 4.31. The predicted octanol–water partition coefficient (Wildman–Crippen LogP) is 5.39. The summed E-state index contributed by atoms with van der Waals surface area (Å²) in [5.41, 5.74) is 2.34.